The quantitative estimate of drug-likeness (QED) is 0.249. The van der Waals surface area contributed by atoms with Crippen molar-refractivity contribution in [2.75, 3.05) is 6.54 Å². The van der Waals surface area contributed by atoms with E-state index in [0.29, 0.717) is 18.5 Å². The fraction of sp³-hybridized carbons (Fsp3) is 0.519. The Kier molecular flexibility index (Phi) is 9.65. The van der Waals surface area contributed by atoms with Gasteiger partial charge in [-0.1, -0.05) is 38.4 Å². The molecular formula is C27H34ClFN4O5. The molecule has 1 heterocycles. The summed E-state index contributed by atoms with van der Waals surface area (Å²) in [5, 5.41) is 10.7. The number of hydrogen-bond acceptors (Lipinski definition) is 5. The minimum Gasteiger partial charge on any atom is -0.356 e. The largest absolute Gasteiger partial charge is 0.356 e. The molecule has 1 aromatic rings. The Morgan fingerprint density at radius 3 is 2.42 bits per heavy atom. The molecule has 0 spiro atoms. The molecule has 0 aromatic heterocycles. The van der Waals surface area contributed by atoms with Gasteiger partial charge in [-0.3, -0.25) is 24.0 Å². The fourth-order valence-corrected chi connectivity index (χ4v) is 4.37. The third-order valence-corrected chi connectivity index (χ3v) is 6.61. The first-order valence-corrected chi connectivity index (χ1v) is 13.1. The van der Waals surface area contributed by atoms with E-state index in [1.807, 2.05) is 20.8 Å². The van der Waals surface area contributed by atoms with Crippen LogP contribution in [0.3, 0.4) is 0 Å². The zero-order valence-corrected chi connectivity index (χ0v) is 22.5. The second-order valence-corrected chi connectivity index (χ2v) is 11.4. The van der Waals surface area contributed by atoms with Crippen LogP contribution in [0.1, 0.15) is 58.4 Å². The second kappa shape index (κ2) is 12.5. The SMILES string of the molecule is CC(C)(C)C[C@H](NC(=O)/C=C/c1ccc(F)cc1Cl)C(=O)NC(CC1CCNC1=O)C(=O)C(=O)NC1CC1. The lowest BCUT2D eigenvalue weighted by Crippen LogP contribution is -2.55. The summed E-state index contributed by atoms with van der Waals surface area (Å²) in [7, 11) is 0. The van der Waals surface area contributed by atoms with E-state index in [-0.39, 0.29) is 35.2 Å². The average molecular weight is 549 g/mol. The molecule has 4 amide bonds. The van der Waals surface area contributed by atoms with E-state index >= 15 is 0 Å². The highest BCUT2D eigenvalue weighted by molar-refractivity contribution is 6.38. The lowest BCUT2D eigenvalue weighted by molar-refractivity contribution is -0.141. The number of halogens is 2. The highest BCUT2D eigenvalue weighted by atomic mass is 35.5. The van der Waals surface area contributed by atoms with Crippen LogP contribution in [0.25, 0.3) is 6.08 Å². The molecule has 1 aliphatic heterocycles. The first-order chi connectivity index (χ1) is 17.8. The van der Waals surface area contributed by atoms with Crippen LogP contribution in [-0.4, -0.2) is 54.1 Å². The predicted molar refractivity (Wildman–Crippen MR) is 140 cm³/mol. The number of Topliss-reactive ketones (excluding diaryl/α,β-unsaturated/α-hetero) is 1. The number of rotatable bonds is 11. The number of hydrogen-bond donors (Lipinski definition) is 4. The van der Waals surface area contributed by atoms with E-state index in [2.05, 4.69) is 21.3 Å². The molecule has 3 atom stereocenters. The molecule has 1 saturated heterocycles. The second-order valence-electron chi connectivity index (χ2n) is 11.0. The van der Waals surface area contributed by atoms with Crippen molar-refractivity contribution in [1.29, 1.82) is 0 Å². The number of amides is 4. The highest BCUT2D eigenvalue weighted by Crippen LogP contribution is 2.23. The predicted octanol–water partition coefficient (Wildman–Crippen LogP) is 2.27. The Balaban J connectivity index is 1.74. The zero-order valence-electron chi connectivity index (χ0n) is 21.7. The number of benzene rings is 1. The van der Waals surface area contributed by atoms with Crippen molar-refractivity contribution in [3.05, 3.63) is 40.7 Å². The van der Waals surface area contributed by atoms with Gasteiger partial charge in [-0.2, -0.15) is 0 Å². The summed E-state index contributed by atoms with van der Waals surface area (Å²) >= 11 is 6.00. The zero-order chi connectivity index (χ0) is 28.0. The summed E-state index contributed by atoms with van der Waals surface area (Å²) in [5.74, 6) is -4.12. The summed E-state index contributed by atoms with van der Waals surface area (Å²) in [6.45, 7) is 6.13. The topological polar surface area (TPSA) is 133 Å². The van der Waals surface area contributed by atoms with Crippen molar-refractivity contribution in [2.24, 2.45) is 11.3 Å². The van der Waals surface area contributed by atoms with Crippen molar-refractivity contribution in [1.82, 2.24) is 21.3 Å². The van der Waals surface area contributed by atoms with Crippen molar-refractivity contribution in [2.45, 2.75) is 71.0 Å². The molecule has 2 aliphatic rings. The van der Waals surface area contributed by atoms with Gasteiger partial charge in [0, 0.05) is 24.6 Å². The maximum atomic E-state index is 13.4. The standard InChI is InChI=1S/C27H34ClFN4O5/c1-27(2,3)14-21(32-22(34)9-5-15-4-6-17(29)13-19(15)28)25(37)33-20(12-16-10-11-30-24(16)36)23(35)26(38)31-18-7-8-18/h4-6,9,13,16,18,20-21H,7-8,10-12,14H2,1-3H3,(H,30,36)(H,31,38)(H,32,34)(H,33,37)/b9-5+/t16?,20?,21-/m0/s1. The smallest absolute Gasteiger partial charge is 0.289 e. The van der Waals surface area contributed by atoms with Gasteiger partial charge >= 0.3 is 0 Å². The van der Waals surface area contributed by atoms with Crippen LogP contribution in [0.15, 0.2) is 24.3 Å². The molecule has 1 aliphatic carbocycles. The lowest BCUT2D eigenvalue weighted by atomic mass is 9.87. The maximum Gasteiger partial charge on any atom is 0.289 e. The van der Waals surface area contributed by atoms with Crippen LogP contribution in [0, 0.1) is 17.2 Å². The normalized spacial score (nSPS) is 19.0. The van der Waals surface area contributed by atoms with E-state index in [1.165, 1.54) is 24.3 Å². The Morgan fingerprint density at radius 2 is 1.84 bits per heavy atom. The van der Waals surface area contributed by atoms with E-state index in [4.69, 9.17) is 11.6 Å². The van der Waals surface area contributed by atoms with Crippen LogP contribution in [0.2, 0.25) is 5.02 Å². The third-order valence-electron chi connectivity index (χ3n) is 6.28. The van der Waals surface area contributed by atoms with Crippen molar-refractivity contribution in [3.63, 3.8) is 0 Å². The number of nitrogens with one attached hydrogen (secondary N) is 4. The van der Waals surface area contributed by atoms with Gasteiger partial charge in [0.15, 0.2) is 0 Å². The van der Waals surface area contributed by atoms with Gasteiger partial charge in [0.25, 0.3) is 5.91 Å². The molecule has 38 heavy (non-hydrogen) atoms. The van der Waals surface area contributed by atoms with Crippen LogP contribution in [0.4, 0.5) is 4.39 Å². The van der Waals surface area contributed by atoms with E-state index in [9.17, 15) is 28.4 Å². The van der Waals surface area contributed by atoms with Gasteiger partial charge in [0.05, 0.1) is 11.1 Å². The molecule has 9 nitrogen and oxygen atoms in total. The van der Waals surface area contributed by atoms with Crippen LogP contribution >= 0.6 is 11.6 Å². The monoisotopic (exact) mass is 548 g/mol. The molecule has 3 rings (SSSR count). The third kappa shape index (κ3) is 8.93. The molecular weight excluding hydrogens is 515 g/mol. The van der Waals surface area contributed by atoms with E-state index in [0.717, 1.165) is 18.9 Å². The van der Waals surface area contributed by atoms with Crippen LogP contribution < -0.4 is 21.3 Å². The first kappa shape index (κ1) is 29.3. The Labute approximate surface area is 226 Å². The van der Waals surface area contributed by atoms with Gasteiger partial charge in [0.1, 0.15) is 11.9 Å². The minimum absolute atomic E-state index is 0.0202. The highest BCUT2D eigenvalue weighted by Gasteiger charge is 2.37. The van der Waals surface area contributed by atoms with E-state index in [1.54, 1.807) is 0 Å². The molecule has 0 bridgehead atoms. The van der Waals surface area contributed by atoms with Gasteiger partial charge in [0.2, 0.25) is 23.5 Å². The molecule has 1 aromatic carbocycles. The van der Waals surface area contributed by atoms with Crippen molar-refractivity contribution in [3.8, 4) is 0 Å². The Bertz CT molecular complexity index is 1130. The molecule has 2 fully saturated rings. The van der Waals surface area contributed by atoms with Crippen molar-refractivity contribution < 1.29 is 28.4 Å². The van der Waals surface area contributed by atoms with Gasteiger partial charge in [-0.05, 0) is 61.3 Å². The summed E-state index contributed by atoms with van der Waals surface area (Å²) in [6, 6.07) is 1.45. The summed E-state index contributed by atoms with van der Waals surface area (Å²) < 4.78 is 13.3. The first-order valence-electron chi connectivity index (χ1n) is 12.7. The van der Waals surface area contributed by atoms with Crippen LogP contribution in [-0.2, 0) is 24.0 Å². The molecule has 1 saturated carbocycles. The summed E-state index contributed by atoms with van der Waals surface area (Å²) in [4.78, 5) is 63.7. The maximum absolute atomic E-state index is 13.4. The van der Waals surface area contributed by atoms with Gasteiger partial charge in [-0.15, -0.1) is 0 Å². The van der Waals surface area contributed by atoms with Gasteiger partial charge in [-0.25, -0.2) is 4.39 Å². The van der Waals surface area contributed by atoms with Crippen LogP contribution in [0.5, 0.6) is 0 Å². The summed E-state index contributed by atoms with van der Waals surface area (Å²) in [6.07, 6.45) is 4.85. The van der Waals surface area contributed by atoms with Gasteiger partial charge < -0.3 is 21.3 Å². The number of carbonyl (C=O) groups excluding carboxylic acids is 5. The molecule has 206 valence electrons. The Morgan fingerprint density at radius 1 is 1.13 bits per heavy atom. The minimum atomic E-state index is -1.22. The Hall–Kier alpha value is -3.27. The van der Waals surface area contributed by atoms with E-state index < -0.39 is 47.3 Å². The summed E-state index contributed by atoms with van der Waals surface area (Å²) in [5.41, 5.74) is 0.0372. The molecule has 4 N–H and O–H groups in total. The number of ketones is 1. The average Bonchev–Trinajstić information content (AvgIpc) is 3.55. The molecule has 2 unspecified atom stereocenters. The molecule has 11 heteroatoms. The van der Waals surface area contributed by atoms with Crippen molar-refractivity contribution >= 4 is 47.1 Å². The lowest BCUT2D eigenvalue weighted by Gasteiger charge is -2.28. The fourth-order valence-electron chi connectivity index (χ4n) is 4.14. The molecule has 0 radical (unpaired) electrons. The number of carbonyl (C=O) groups is 5.